The monoisotopic (exact) mass is 360 g/mol. The van der Waals surface area contributed by atoms with Crippen LogP contribution in [0, 0.1) is 5.92 Å². The third-order valence-electron chi connectivity index (χ3n) is 4.60. The number of amides is 1. The predicted molar refractivity (Wildman–Crippen MR) is 98.5 cm³/mol. The third kappa shape index (κ3) is 4.78. The zero-order valence-electron chi connectivity index (χ0n) is 14.5. The number of ether oxygens (including phenoxy) is 1. The zero-order valence-corrected chi connectivity index (χ0v) is 15.3. The van der Waals surface area contributed by atoms with Gasteiger partial charge in [0.2, 0.25) is 5.91 Å². The van der Waals surface area contributed by atoms with Crippen LogP contribution in [-0.2, 0) is 20.7 Å². The first kappa shape index (κ1) is 17.9. The Bertz CT molecular complexity index is 704. The number of nitrogens with one attached hydrogen (secondary N) is 1. The average Bonchev–Trinajstić information content (AvgIpc) is 3.25. The molecule has 1 aliphatic rings. The highest BCUT2D eigenvalue weighted by Gasteiger charge is 2.32. The molecule has 1 aliphatic carbocycles. The van der Waals surface area contributed by atoms with Crippen molar-refractivity contribution >= 4 is 33.4 Å². The highest BCUT2D eigenvalue weighted by atomic mass is 32.1. The van der Waals surface area contributed by atoms with Gasteiger partial charge in [0.05, 0.1) is 21.8 Å². The largest absolute Gasteiger partial charge is 0.464 e. The first-order valence-corrected chi connectivity index (χ1v) is 9.73. The van der Waals surface area contributed by atoms with E-state index in [2.05, 4.69) is 16.4 Å². The topological polar surface area (TPSA) is 68.3 Å². The summed E-state index contributed by atoms with van der Waals surface area (Å²) >= 11 is 1.68. The molecule has 0 radical (unpaired) electrons. The number of aromatic nitrogens is 1. The molecule has 1 atom stereocenters. The fraction of sp³-hybridized carbons (Fsp3) is 0.526. The van der Waals surface area contributed by atoms with Gasteiger partial charge in [-0.1, -0.05) is 25.0 Å². The van der Waals surface area contributed by atoms with Crippen molar-refractivity contribution in [2.24, 2.45) is 5.92 Å². The molecule has 0 aliphatic heterocycles. The second-order valence-electron chi connectivity index (χ2n) is 6.57. The number of hydrogen-bond acceptors (Lipinski definition) is 5. The smallest absolute Gasteiger partial charge is 0.328 e. The summed E-state index contributed by atoms with van der Waals surface area (Å²) in [4.78, 5) is 28.3. The number of carbonyl (C=O) groups excluding carboxylic acids is 2. The fourth-order valence-electron chi connectivity index (χ4n) is 3.39. The molecule has 1 aromatic carbocycles. The molecular weight excluding hydrogens is 336 g/mol. The SMILES string of the molecule is CC(=O)NC(C(=O)OCCCc1nc2ccccc2s1)C1CCCC1. The van der Waals surface area contributed by atoms with Crippen LogP contribution in [0.15, 0.2) is 24.3 Å². The number of fused-ring (bicyclic) bond motifs is 1. The van der Waals surface area contributed by atoms with E-state index in [4.69, 9.17) is 4.74 Å². The maximum atomic E-state index is 12.4. The van der Waals surface area contributed by atoms with Gasteiger partial charge in [0.1, 0.15) is 6.04 Å². The molecule has 1 heterocycles. The number of hydrogen-bond donors (Lipinski definition) is 1. The molecule has 3 rings (SSSR count). The van der Waals surface area contributed by atoms with Crippen molar-refractivity contribution in [2.75, 3.05) is 6.61 Å². The predicted octanol–water partition coefficient (Wildman–Crippen LogP) is 3.47. The quantitative estimate of drug-likeness (QED) is 0.606. The third-order valence-corrected chi connectivity index (χ3v) is 5.70. The normalized spacial score (nSPS) is 16.0. The van der Waals surface area contributed by atoms with E-state index in [9.17, 15) is 9.59 Å². The van der Waals surface area contributed by atoms with E-state index in [0.29, 0.717) is 6.61 Å². The minimum Gasteiger partial charge on any atom is -0.464 e. The lowest BCUT2D eigenvalue weighted by Crippen LogP contribution is -2.45. The summed E-state index contributed by atoms with van der Waals surface area (Å²) < 4.78 is 6.62. The summed E-state index contributed by atoms with van der Waals surface area (Å²) in [5.41, 5.74) is 1.02. The van der Waals surface area contributed by atoms with Crippen LogP contribution in [-0.4, -0.2) is 29.5 Å². The molecule has 0 spiro atoms. The molecule has 1 saturated carbocycles. The molecular formula is C19H24N2O3S. The van der Waals surface area contributed by atoms with Gasteiger partial charge in [0.25, 0.3) is 0 Å². The van der Waals surface area contributed by atoms with E-state index in [-0.39, 0.29) is 17.8 Å². The van der Waals surface area contributed by atoms with Gasteiger partial charge in [-0.15, -0.1) is 11.3 Å². The van der Waals surface area contributed by atoms with Gasteiger partial charge in [-0.3, -0.25) is 4.79 Å². The molecule has 1 amide bonds. The second kappa shape index (κ2) is 8.43. The number of para-hydroxylation sites is 1. The lowest BCUT2D eigenvalue weighted by Gasteiger charge is -2.22. The van der Waals surface area contributed by atoms with Crippen molar-refractivity contribution in [2.45, 2.75) is 51.5 Å². The number of nitrogens with zero attached hydrogens (tertiary/aromatic N) is 1. The van der Waals surface area contributed by atoms with Gasteiger partial charge in [0.15, 0.2) is 0 Å². The van der Waals surface area contributed by atoms with Gasteiger partial charge >= 0.3 is 5.97 Å². The van der Waals surface area contributed by atoms with Crippen LogP contribution in [0.5, 0.6) is 0 Å². The number of carbonyl (C=O) groups is 2. The molecule has 1 aromatic heterocycles. The summed E-state index contributed by atoms with van der Waals surface area (Å²) in [7, 11) is 0. The van der Waals surface area contributed by atoms with E-state index in [1.807, 2.05) is 18.2 Å². The van der Waals surface area contributed by atoms with Crippen LogP contribution in [0.4, 0.5) is 0 Å². The molecule has 1 N–H and O–H groups in total. The van der Waals surface area contributed by atoms with Crippen molar-refractivity contribution in [3.63, 3.8) is 0 Å². The van der Waals surface area contributed by atoms with E-state index in [0.717, 1.165) is 49.0 Å². The number of esters is 1. The zero-order chi connectivity index (χ0) is 17.6. The minimum absolute atomic E-state index is 0.177. The van der Waals surface area contributed by atoms with Crippen LogP contribution in [0.1, 0.15) is 44.0 Å². The van der Waals surface area contributed by atoms with Crippen LogP contribution < -0.4 is 5.32 Å². The first-order valence-electron chi connectivity index (χ1n) is 8.91. The molecule has 25 heavy (non-hydrogen) atoms. The number of thiazole rings is 1. The van der Waals surface area contributed by atoms with Gasteiger partial charge in [-0.25, -0.2) is 9.78 Å². The van der Waals surface area contributed by atoms with Crippen molar-refractivity contribution < 1.29 is 14.3 Å². The number of rotatable bonds is 7. The van der Waals surface area contributed by atoms with E-state index >= 15 is 0 Å². The van der Waals surface area contributed by atoms with Crippen LogP contribution in [0.2, 0.25) is 0 Å². The Labute approximate surface area is 151 Å². The van der Waals surface area contributed by atoms with Gasteiger partial charge in [-0.05, 0) is 37.3 Å². The van der Waals surface area contributed by atoms with Crippen molar-refractivity contribution in [1.29, 1.82) is 0 Å². The van der Waals surface area contributed by atoms with Crippen molar-refractivity contribution in [3.8, 4) is 0 Å². The maximum Gasteiger partial charge on any atom is 0.328 e. The van der Waals surface area contributed by atoms with Crippen molar-refractivity contribution in [1.82, 2.24) is 10.3 Å². The van der Waals surface area contributed by atoms with Crippen LogP contribution >= 0.6 is 11.3 Å². The molecule has 0 bridgehead atoms. The van der Waals surface area contributed by atoms with Crippen LogP contribution in [0.25, 0.3) is 10.2 Å². The molecule has 1 fully saturated rings. The Balaban J connectivity index is 1.47. The van der Waals surface area contributed by atoms with E-state index in [1.54, 1.807) is 11.3 Å². The summed E-state index contributed by atoms with van der Waals surface area (Å²) in [6.45, 7) is 1.81. The van der Waals surface area contributed by atoms with Gasteiger partial charge in [0, 0.05) is 13.3 Å². The standard InChI is InChI=1S/C19H24N2O3S/c1-13(22)20-18(14-7-2-3-8-14)19(23)24-12-6-11-17-21-15-9-4-5-10-16(15)25-17/h4-5,9-10,14,18H,2-3,6-8,11-12H2,1H3,(H,20,22). The van der Waals surface area contributed by atoms with Gasteiger partial charge in [-0.2, -0.15) is 0 Å². The Hall–Kier alpha value is -1.95. The molecule has 134 valence electrons. The summed E-state index contributed by atoms with van der Waals surface area (Å²) in [5, 5.41) is 3.84. The highest BCUT2D eigenvalue weighted by Crippen LogP contribution is 2.28. The summed E-state index contributed by atoms with van der Waals surface area (Å²) in [5.74, 6) is -0.268. The van der Waals surface area contributed by atoms with Crippen molar-refractivity contribution in [3.05, 3.63) is 29.3 Å². The second-order valence-corrected chi connectivity index (χ2v) is 7.68. The Morgan fingerprint density at radius 3 is 2.80 bits per heavy atom. The number of benzene rings is 1. The first-order chi connectivity index (χ1) is 12.1. The van der Waals surface area contributed by atoms with E-state index < -0.39 is 6.04 Å². The Kier molecular flexibility index (Phi) is 6.02. The summed E-state index contributed by atoms with van der Waals surface area (Å²) in [6, 6.07) is 7.57. The molecule has 2 aromatic rings. The molecule has 1 unspecified atom stereocenters. The number of aryl methyl sites for hydroxylation is 1. The average molecular weight is 360 g/mol. The molecule has 6 heteroatoms. The van der Waals surface area contributed by atoms with E-state index in [1.165, 1.54) is 11.6 Å². The Morgan fingerprint density at radius 2 is 2.08 bits per heavy atom. The van der Waals surface area contributed by atoms with Crippen LogP contribution in [0.3, 0.4) is 0 Å². The Morgan fingerprint density at radius 1 is 1.32 bits per heavy atom. The fourth-order valence-corrected chi connectivity index (χ4v) is 4.40. The molecule has 0 saturated heterocycles. The minimum atomic E-state index is -0.498. The van der Waals surface area contributed by atoms with Gasteiger partial charge < -0.3 is 10.1 Å². The maximum absolute atomic E-state index is 12.4. The summed E-state index contributed by atoms with van der Waals surface area (Å²) in [6.07, 6.45) is 5.72. The lowest BCUT2D eigenvalue weighted by molar-refractivity contribution is -0.149. The highest BCUT2D eigenvalue weighted by molar-refractivity contribution is 7.18. The lowest BCUT2D eigenvalue weighted by atomic mass is 9.98. The molecule has 5 nitrogen and oxygen atoms in total.